The minimum Gasteiger partial charge on any atom is -0.467 e. The molecule has 21 heavy (non-hydrogen) atoms. The largest absolute Gasteiger partial charge is 0.467 e. The molecule has 3 rings (SSSR count). The molecule has 0 saturated heterocycles. The van der Waals surface area contributed by atoms with Crippen molar-refractivity contribution in [1.82, 2.24) is 4.72 Å². The second-order valence-corrected chi connectivity index (χ2v) is 6.96. The third kappa shape index (κ3) is 3.28. The number of furan rings is 1. The maximum absolute atomic E-state index is 12.4. The SMILES string of the molecule is CC(Nc1ccccc1S(=O)(=O)NC1CC1)c1ccco1. The summed E-state index contributed by atoms with van der Waals surface area (Å²) in [7, 11) is -3.49. The van der Waals surface area contributed by atoms with Crippen LogP contribution >= 0.6 is 0 Å². The minimum absolute atomic E-state index is 0.0885. The summed E-state index contributed by atoms with van der Waals surface area (Å²) >= 11 is 0. The lowest BCUT2D eigenvalue weighted by molar-refractivity contribution is 0.490. The molecule has 0 bridgehead atoms. The third-order valence-corrected chi connectivity index (χ3v) is 5.00. The van der Waals surface area contributed by atoms with E-state index in [9.17, 15) is 8.42 Å². The maximum Gasteiger partial charge on any atom is 0.242 e. The van der Waals surface area contributed by atoms with Gasteiger partial charge >= 0.3 is 0 Å². The Hall–Kier alpha value is -1.79. The molecule has 0 aliphatic heterocycles. The van der Waals surface area contributed by atoms with E-state index in [0.717, 1.165) is 18.6 Å². The Bertz CT molecular complexity index is 706. The normalized spacial score (nSPS) is 16.6. The monoisotopic (exact) mass is 306 g/mol. The molecule has 1 aromatic heterocycles. The summed E-state index contributed by atoms with van der Waals surface area (Å²) in [6, 6.07) is 10.6. The van der Waals surface area contributed by atoms with Crippen molar-refractivity contribution in [3.63, 3.8) is 0 Å². The van der Waals surface area contributed by atoms with Gasteiger partial charge in [-0.05, 0) is 44.0 Å². The molecular weight excluding hydrogens is 288 g/mol. The Morgan fingerprint density at radius 3 is 2.62 bits per heavy atom. The highest BCUT2D eigenvalue weighted by Gasteiger charge is 2.29. The molecule has 1 unspecified atom stereocenters. The number of anilines is 1. The van der Waals surface area contributed by atoms with E-state index in [2.05, 4.69) is 10.0 Å². The van der Waals surface area contributed by atoms with Gasteiger partial charge in [-0.1, -0.05) is 12.1 Å². The van der Waals surface area contributed by atoms with E-state index in [1.165, 1.54) is 0 Å². The van der Waals surface area contributed by atoms with Crippen molar-refractivity contribution in [2.75, 3.05) is 5.32 Å². The van der Waals surface area contributed by atoms with Crippen LogP contribution in [0.15, 0.2) is 52.0 Å². The molecule has 1 aliphatic carbocycles. The van der Waals surface area contributed by atoms with Crippen LogP contribution in [0.3, 0.4) is 0 Å². The van der Waals surface area contributed by atoms with Crippen molar-refractivity contribution in [1.29, 1.82) is 0 Å². The van der Waals surface area contributed by atoms with Crippen molar-refractivity contribution in [3.8, 4) is 0 Å². The van der Waals surface area contributed by atoms with Crippen molar-refractivity contribution >= 4 is 15.7 Å². The van der Waals surface area contributed by atoms with Gasteiger partial charge in [0.05, 0.1) is 18.0 Å². The van der Waals surface area contributed by atoms with E-state index < -0.39 is 10.0 Å². The molecular formula is C15H18N2O3S. The second-order valence-electron chi connectivity index (χ2n) is 5.27. The van der Waals surface area contributed by atoms with E-state index >= 15 is 0 Å². The summed E-state index contributed by atoms with van der Waals surface area (Å²) in [6.07, 6.45) is 3.43. The molecule has 112 valence electrons. The van der Waals surface area contributed by atoms with Gasteiger partial charge in [0.15, 0.2) is 0 Å². The fourth-order valence-electron chi connectivity index (χ4n) is 2.15. The van der Waals surface area contributed by atoms with Gasteiger partial charge in [0.2, 0.25) is 10.0 Å². The first kappa shape index (κ1) is 14.2. The summed E-state index contributed by atoms with van der Waals surface area (Å²) in [5.41, 5.74) is 0.578. The van der Waals surface area contributed by atoms with E-state index in [-0.39, 0.29) is 17.0 Å². The molecule has 2 N–H and O–H groups in total. The fraction of sp³-hybridized carbons (Fsp3) is 0.333. The Morgan fingerprint density at radius 1 is 1.19 bits per heavy atom. The molecule has 0 radical (unpaired) electrons. The molecule has 2 aromatic rings. The standard InChI is InChI=1S/C15H18N2O3S/c1-11(14-6-4-10-20-14)16-13-5-2-3-7-15(13)21(18,19)17-12-8-9-12/h2-7,10-12,16-17H,8-9H2,1H3. The first-order valence-electron chi connectivity index (χ1n) is 6.97. The number of nitrogens with one attached hydrogen (secondary N) is 2. The predicted molar refractivity (Wildman–Crippen MR) is 80.5 cm³/mol. The van der Waals surface area contributed by atoms with Crippen LogP contribution in [0, 0.1) is 0 Å². The summed E-state index contributed by atoms with van der Waals surface area (Å²) in [5.74, 6) is 0.761. The number of hydrogen-bond acceptors (Lipinski definition) is 4. The van der Waals surface area contributed by atoms with Crippen LogP contribution in [0.4, 0.5) is 5.69 Å². The smallest absolute Gasteiger partial charge is 0.242 e. The topological polar surface area (TPSA) is 71.3 Å². The van der Waals surface area contributed by atoms with Crippen molar-refractivity contribution < 1.29 is 12.8 Å². The molecule has 1 saturated carbocycles. The summed E-state index contributed by atoms with van der Waals surface area (Å²) in [6.45, 7) is 1.93. The third-order valence-electron chi connectivity index (χ3n) is 3.42. The number of sulfonamides is 1. The van der Waals surface area contributed by atoms with Gasteiger partial charge in [-0.15, -0.1) is 0 Å². The van der Waals surface area contributed by atoms with Crippen LogP contribution < -0.4 is 10.0 Å². The van der Waals surface area contributed by atoms with Crippen LogP contribution in [-0.2, 0) is 10.0 Å². The molecule has 5 nitrogen and oxygen atoms in total. The molecule has 6 heteroatoms. The van der Waals surface area contributed by atoms with Crippen LogP contribution in [0.1, 0.15) is 31.6 Å². The van der Waals surface area contributed by atoms with Gasteiger partial charge in [-0.2, -0.15) is 0 Å². The molecule has 0 amide bonds. The van der Waals surface area contributed by atoms with Gasteiger partial charge in [-0.3, -0.25) is 0 Å². The van der Waals surface area contributed by atoms with E-state index in [4.69, 9.17) is 4.42 Å². The van der Waals surface area contributed by atoms with Crippen LogP contribution in [0.2, 0.25) is 0 Å². The lowest BCUT2D eigenvalue weighted by Gasteiger charge is -2.16. The molecule has 0 spiro atoms. The Labute approximate surface area is 124 Å². The first-order chi connectivity index (χ1) is 10.1. The maximum atomic E-state index is 12.4. The van der Waals surface area contributed by atoms with Gasteiger partial charge in [-0.25, -0.2) is 13.1 Å². The minimum atomic E-state index is -3.49. The van der Waals surface area contributed by atoms with Crippen molar-refractivity contribution in [3.05, 3.63) is 48.4 Å². The summed E-state index contributed by atoms with van der Waals surface area (Å²) < 4.78 is 32.8. The van der Waals surface area contributed by atoms with E-state index in [0.29, 0.717) is 5.69 Å². The summed E-state index contributed by atoms with van der Waals surface area (Å²) in [4.78, 5) is 0.273. The predicted octanol–water partition coefficient (Wildman–Crippen LogP) is 2.89. The number of rotatable bonds is 6. The molecule has 1 aromatic carbocycles. The fourth-order valence-corrected chi connectivity index (χ4v) is 3.62. The van der Waals surface area contributed by atoms with Crippen LogP contribution in [0.25, 0.3) is 0 Å². The zero-order chi connectivity index (χ0) is 14.9. The van der Waals surface area contributed by atoms with Gasteiger partial charge in [0.25, 0.3) is 0 Å². The lowest BCUT2D eigenvalue weighted by atomic mass is 10.2. The molecule has 1 aliphatic rings. The average Bonchev–Trinajstić information content (AvgIpc) is 3.08. The second kappa shape index (κ2) is 5.54. The number of para-hydroxylation sites is 1. The molecule has 1 fully saturated rings. The van der Waals surface area contributed by atoms with E-state index in [1.54, 1.807) is 24.5 Å². The van der Waals surface area contributed by atoms with Gasteiger partial charge in [0, 0.05) is 6.04 Å². The molecule has 1 heterocycles. The summed E-state index contributed by atoms with van der Waals surface area (Å²) in [5, 5.41) is 3.20. The van der Waals surface area contributed by atoms with Crippen molar-refractivity contribution in [2.45, 2.75) is 36.7 Å². The first-order valence-corrected chi connectivity index (χ1v) is 8.46. The Kier molecular flexibility index (Phi) is 3.73. The van der Waals surface area contributed by atoms with Crippen LogP contribution in [-0.4, -0.2) is 14.5 Å². The Balaban J connectivity index is 1.85. The number of hydrogen-bond donors (Lipinski definition) is 2. The number of benzene rings is 1. The van der Waals surface area contributed by atoms with Gasteiger partial charge in [0.1, 0.15) is 10.7 Å². The van der Waals surface area contributed by atoms with Crippen LogP contribution in [0.5, 0.6) is 0 Å². The van der Waals surface area contributed by atoms with Crippen molar-refractivity contribution in [2.24, 2.45) is 0 Å². The zero-order valence-electron chi connectivity index (χ0n) is 11.7. The van der Waals surface area contributed by atoms with E-state index in [1.807, 2.05) is 25.1 Å². The zero-order valence-corrected chi connectivity index (χ0v) is 12.6. The highest BCUT2D eigenvalue weighted by atomic mass is 32.2. The quantitative estimate of drug-likeness (QED) is 0.861. The lowest BCUT2D eigenvalue weighted by Crippen LogP contribution is -2.26. The molecule has 1 atom stereocenters. The highest BCUT2D eigenvalue weighted by molar-refractivity contribution is 7.89. The Morgan fingerprint density at radius 2 is 1.95 bits per heavy atom. The highest BCUT2D eigenvalue weighted by Crippen LogP contribution is 2.28. The van der Waals surface area contributed by atoms with Gasteiger partial charge < -0.3 is 9.73 Å². The average molecular weight is 306 g/mol.